The van der Waals surface area contributed by atoms with E-state index in [1.807, 2.05) is 19.2 Å². The monoisotopic (exact) mass is 501 g/mol. The van der Waals surface area contributed by atoms with Gasteiger partial charge in [-0.1, -0.05) is 13.8 Å². The fraction of sp³-hybridized carbons (Fsp3) is 0.542. The Morgan fingerprint density at radius 3 is 2.74 bits per heavy atom. The van der Waals surface area contributed by atoms with Crippen LogP contribution in [0, 0.1) is 5.92 Å². The Labute approximate surface area is 204 Å². The first kappa shape index (κ1) is 23.4. The smallest absolute Gasteiger partial charge is 0.209 e. The summed E-state index contributed by atoms with van der Waals surface area (Å²) in [5.74, 6) is 1.28. The molecule has 2 aliphatic heterocycles. The molecular formula is C24H31N5O3S2. The number of aromatic nitrogens is 3. The van der Waals surface area contributed by atoms with Crippen LogP contribution >= 0.6 is 11.3 Å². The number of benzene rings is 1. The Hall–Kier alpha value is -2.30. The van der Waals surface area contributed by atoms with Crippen LogP contribution in [0.1, 0.15) is 38.3 Å². The molecule has 0 saturated carbocycles. The van der Waals surface area contributed by atoms with Crippen LogP contribution in [0.2, 0.25) is 0 Å². The van der Waals surface area contributed by atoms with Gasteiger partial charge in [0, 0.05) is 42.6 Å². The molecule has 0 N–H and O–H groups in total. The molecular weight excluding hydrogens is 470 g/mol. The number of morpholine rings is 1. The van der Waals surface area contributed by atoms with Gasteiger partial charge in [0.2, 0.25) is 14.2 Å². The van der Waals surface area contributed by atoms with E-state index in [9.17, 15) is 8.42 Å². The van der Waals surface area contributed by atoms with Gasteiger partial charge >= 0.3 is 0 Å². The van der Waals surface area contributed by atoms with E-state index in [1.165, 1.54) is 11.3 Å². The van der Waals surface area contributed by atoms with Crippen LogP contribution in [-0.4, -0.2) is 68.5 Å². The van der Waals surface area contributed by atoms with Crippen molar-refractivity contribution >= 4 is 43.6 Å². The van der Waals surface area contributed by atoms with E-state index in [0.29, 0.717) is 6.54 Å². The molecule has 2 fully saturated rings. The summed E-state index contributed by atoms with van der Waals surface area (Å²) in [7, 11) is -3.41. The van der Waals surface area contributed by atoms with Gasteiger partial charge in [0.15, 0.2) is 0 Å². The summed E-state index contributed by atoms with van der Waals surface area (Å²) in [6, 6.07) is 6.34. The zero-order chi connectivity index (χ0) is 23.7. The highest BCUT2D eigenvalue weighted by molar-refractivity contribution is 7.93. The minimum Gasteiger partial charge on any atom is -0.378 e. The second kappa shape index (κ2) is 9.75. The molecule has 3 aromatic rings. The molecule has 0 amide bonds. The highest BCUT2D eigenvalue weighted by atomic mass is 32.2. The zero-order valence-corrected chi connectivity index (χ0v) is 21.3. The van der Waals surface area contributed by atoms with E-state index < -0.39 is 9.84 Å². The maximum Gasteiger partial charge on any atom is 0.209 e. The lowest BCUT2D eigenvalue weighted by Gasteiger charge is -2.34. The number of sulfone groups is 1. The second-order valence-corrected chi connectivity index (χ2v) is 12.5. The number of ether oxygens (including phenoxy) is 1. The van der Waals surface area contributed by atoms with Gasteiger partial charge in [-0.2, -0.15) is 0 Å². The average molecular weight is 502 g/mol. The maximum absolute atomic E-state index is 13.1. The molecule has 0 bridgehead atoms. The predicted octanol–water partition coefficient (Wildman–Crippen LogP) is 3.74. The number of nitrogens with zero attached hydrogens (tertiary/aromatic N) is 5. The van der Waals surface area contributed by atoms with E-state index in [1.54, 1.807) is 6.33 Å². The number of thiazole rings is 1. The molecule has 1 unspecified atom stereocenters. The summed E-state index contributed by atoms with van der Waals surface area (Å²) >= 11 is 1.24. The summed E-state index contributed by atoms with van der Waals surface area (Å²) in [6.07, 6.45) is 3.44. The van der Waals surface area contributed by atoms with Crippen molar-refractivity contribution in [3.63, 3.8) is 0 Å². The quantitative estimate of drug-likeness (QED) is 0.505. The van der Waals surface area contributed by atoms with E-state index >= 15 is 0 Å². The molecule has 8 nitrogen and oxygen atoms in total. The van der Waals surface area contributed by atoms with Crippen molar-refractivity contribution < 1.29 is 13.2 Å². The lowest BCUT2D eigenvalue weighted by atomic mass is 9.99. The minimum atomic E-state index is -3.41. The average Bonchev–Trinajstić information content (AvgIpc) is 3.36. The normalized spacial score (nSPS) is 19.8. The fourth-order valence-electron chi connectivity index (χ4n) is 4.75. The molecule has 5 rings (SSSR count). The van der Waals surface area contributed by atoms with E-state index in [2.05, 4.69) is 43.0 Å². The largest absolute Gasteiger partial charge is 0.378 e. The van der Waals surface area contributed by atoms with E-state index in [-0.39, 0.29) is 21.9 Å². The highest BCUT2D eigenvalue weighted by Crippen LogP contribution is 2.31. The van der Waals surface area contributed by atoms with Crippen LogP contribution in [0.5, 0.6) is 0 Å². The standard InChI is InChI=1S/C24H31N5O3S2/c1-17(2)22-14-33-24(27-22)34(30,31)15-18-4-3-7-29(13-18)23-20-6-5-19(12-21(20)25-16-26-23)28-8-10-32-11-9-28/h5-6,12,14,16-18H,3-4,7-11,13,15H2,1-2H3. The minimum absolute atomic E-state index is 0.0442. The zero-order valence-electron chi connectivity index (χ0n) is 19.7. The Kier molecular flexibility index (Phi) is 6.72. The molecule has 10 heteroatoms. The highest BCUT2D eigenvalue weighted by Gasteiger charge is 2.29. The molecule has 0 spiro atoms. The number of hydrogen-bond acceptors (Lipinski definition) is 9. The third-order valence-electron chi connectivity index (χ3n) is 6.61. The van der Waals surface area contributed by atoms with Crippen LogP contribution < -0.4 is 9.80 Å². The molecule has 4 heterocycles. The molecule has 34 heavy (non-hydrogen) atoms. The van der Waals surface area contributed by atoms with Gasteiger partial charge in [0.1, 0.15) is 12.1 Å². The fourth-order valence-corrected chi connectivity index (χ4v) is 7.67. The van der Waals surface area contributed by atoms with Crippen molar-refractivity contribution in [2.24, 2.45) is 5.92 Å². The van der Waals surface area contributed by atoms with Crippen LogP contribution in [-0.2, 0) is 14.6 Å². The third-order valence-corrected chi connectivity index (χ3v) is 9.84. The number of anilines is 2. The Bertz CT molecular complexity index is 1250. The van der Waals surface area contributed by atoms with Gasteiger partial charge in [-0.05, 0) is 42.9 Å². The Morgan fingerprint density at radius 2 is 1.97 bits per heavy atom. The van der Waals surface area contributed by atoms with Crippen molar-refractivity contribution in [2.45, 2.75) is 36.9 Å². The lowest BCUT2D eigenvalue weighted by Crippen LogP contribution is -2.38. The molecule has 2 aromatic heterocycles. The van der Waals surface area contributed by atoms with Crippen LogP contribution in [0.4, 0.5) is 11.5 Å². The number of hydrogen-bond donors (Lipinski definition) is 0. The van der Waals surface area contributed by atoms with Gasteiger partial charge in [-0.3, -0.25) is 0 Å². The molecule has 2 aliphatic rings. The molecule has 0 aliphatic carbocycles. The molecule has 1 aromatic carbocycles. The molecule has 0 radical (unpaired) electrons. The SMILES string of the molecule is CC(C)c1csc(S(=O)(=O)CC2CCCN(c3ncnc4cc(N5CCOCC5)ccc34)C2)n1. The van der Waals surface area contributed by atoms with Crippen LogP contribution in [0.25, 0.3) is 10.9 Å². The summed E-state index contributed by atoms with van der Waals surface area (Å²) in [5, 5.41) is 2.87. The van der Waals surface area contributed by atoms with E-state index in [0.717, 1.165) is 73.8 Å². The van der Waals surface area contributed by atoms with Gasteiger partial charge in [0.25, 0.3) is 0 Å². The Morgan fingerprint density at radius 1 is 1.15 bits per heavy atom. The number of fused-ring (bicyclic) bond motifs is 1. The van der Waals surface area contributed by atoms with Gasteiger partial charge < -0.3 is 14.5 Å². The summed E-state index contributed by atoms with van der Waals surface area (Å²) in [5.41, 5.74) is 2.90. The number of piperidine rings is 1. The van der Waals surface area contributed by atoms with Crippen molar-refractivity contribution in [1.29, 1.82) is 0 Å². The first-order valence-corrected chi connectivity index (χ1v) is 14.4. The van der Waals surface area contributed by atoms with Crippen molar-refractivity contribution in [3.05, 3.63) is 35.6 Å². The topological polar surface area (TPSA) is 88.5 Å². The second-order valence-electron chi connectivity index (χ2n) is 9.43. The lowest BCUT2D eigenvalue weighted by molar-refractivity contribution is 0.122. The van der Waals surface area contributed by atoms with Crippen molar-refractivity contribution in [3.8, 4) is 0 Å². The molecule has 1 atom stereocenters. The van der Waals surface area contributed by atoms with Crippen molar-refractivity contribution in [1.82, 2.24) is 15.0 Å². The van der Waals surface area contributed by atoms with Crippen LogP contribution in [0.15, 0.2) is 34.2 Å². The van der Waals surface area contributed by atoms with Gasteiger partial charge in [-0.15, -0.1) is 11.3 Å². The molecule has 182 valence electrons. The Balaban J connectivity index is 1.34. The molecule has 2 saturated heterocycles. The third kappa shape index (κ3) is 4.89. The number of rotatable bonds is 6. The van der Waals surface area contributed by atoms with Gasteiger partial charge in [-0.25, -0.2) is 23.4 Å². The maximum atomic E-state index is 13.1. The predicted molar refractivity (Wildman–Crippen MR) is 136 cm³/mol. The summed E-state index contributed by atoms with van der Waals surface area (Å²) in [6.45, 7) is 8.82. The summed E-state index contributed by atoms with van der Waals surface area (Å²) < 4.78 is 31.9. The van der Waals surface area contributed by atoms with Crippen molar-refractivity contribution in [2.75, 3.05) is 54.9 Å². The summed E-state index contributed by atoms with van der Waals surface area (Å²) in [4.78, 5) is 18.1. The van der Waals surface area contributed by atoms with E-state index in [4.69, 9.17) is 4.74 Å². The first-order valence-electron chi connectivity index (χ1n) is 11.9. The first-order chi connectivity index (χ1) is 16.4. The van der Waals surface area contributed by atoms with Gasteiger partial charge in [0.05, 0.1) is 30.2 Å². The van der Waals surface area contributed by atoms with Crippen LogP contribution in [0.3, 0.4) is 0 Å².